The van der Waals surface area contributed by atoms with Crippen molar-refractivity contribution in [3.8, 4) is 5.75 Å². The monoisotopic (exact) mass is 391 g/mol. The van der Waals surface area contributed by atoms with E-state index in [1.54, 1.807) is 7.11 Å². The number of aryl methyl sites for hydroxylation is 1. The number of hydrogen-bond donors (Lipinski definition) is 0. The van der Waals surface area contributed by atoms with Gasteiger partial charge in [0, 0.05) is 24.1 Å². The Balaban J connectivity index is 1.74. The van der Waals surface area contributed by atoms with Crippen molar-refractivity contribution in [2.45, 2.75) is 52.4 Å². The lowest BCUT2D eigenvalue weighted by Gasteiger charge is -2.15. The Morgan fingerprint density at radius 1 is 1.17 bits per heavy atom. The van der Waals surface area contributed by atoms with Crippen molar-refractivity contribution >= 4 is 23.0 Å². The highest BCUT2D eigenvalue weighted by Crippen LogP contribution is 2.29. The molecule has 1 aliphatic rings. The number of hydrogen-bond acceptors (Lipinski definition) is 4. The quantitative estimate of drug-likeness (QED) is 0.557. The number of rotatable bonds is 7. The lowest BCUT2D eigenvalue weighted by molar-refractivity contribution is -0.119. The van der Waals surface area contributed by atoms with Crippen molar-refractivity contribution < 1.29 is 14.3 Å². The van der Waals surface area contributed by atoms with Gasteiger partial charge < -0.3 is 4.74 Å². The highest BCUT2D eigenvalue weighted by atomic mass is 16.5. The van der Waals surface area contributed by atoms with Gasteiger partial charge in [0.15, 0.2) is 5.78 Å². The summed E-state index contributed by atoms with van der Waals surface area (Å²) in [6.07, 6.45) is 2.69. The maximum absolute atomic E-state index is 12.9. The predicted molar refractivity (Wildman–Crippen MR) is 117 cm³/mol. The normalized spacial score (nSPS) is 18.8. The van der Waals surface area contributed by atoms with Crippen molar-refractivity contribution in [3.63, 3.8) is 0 Å². The molecule has 4 heteroatoms. The van der Waals surface area contributed by atoms with Crippen LogP contribution < -0.4 is 4.74 Å². The summed E-state index contributed by atoms with van der Waals surface area (Å²) < 4.78 is 5.22. The van der Waals surface area contributed by atoms with Crippen LogP contribution in [0.5, 0.6) is 5.75 Å². The second kappa shape index (κ2) is 9.17. The molecule has 0 aromatic heterocycles. The SMILES string of the molecule is CCC(CC(=O)c1ccc(N=C2CCC(=O)C2C)c(C)c1)c1ccc(OC)cc1. The molecule has 2 unspecified atom stereocenters. The average Bonchev–Trinajstić information content (AvgIpc) is 3.05. The van der Waals surface area contributed by atoms with Crippen molar-refractivity contribution in [2.75, 3.05) is 7.11 Å². The lowest BCUT2D eigenvalue weighted by atomic mass is 9.89. The van der Waals surface area contributed by atoms with E-state index in [-0.39, 0.29) is 23.4 Å². The molecule has 2 aromatic rings. The summed E-state index contributed by atoms with van der Waals surface area (Å²) in [4.78, 5) is 29.4. The van der Waals surface area contributed by atoms with Gasteiger partial charge in [-0.3, -0.25) is 14.6 Å². The molecule has 0 aliphatic heterocycles. The maximum atomic E-state index is 12.9. The zero-order valence-electron chi connectivity index (χ0n) is 17.7. The van der Waals surface area contributed by atoms with E-state index in [1.165, 1.54) is 0 Å². The summed E-state index contributed by atoms with van der Waals surface area (Å²) in [7, 11) is 1.65. The standard InChI is InChI=1S/C25H29NO3/c1-5-18(19-6-9-21(29-4)10-7-19)15-25(28)20-8-11-22(16(2)14-20)26-23-12-13-24(27)17(23)3/h6-11,14,17-18H,5,12-13,15H2,1-4H3. The lowest BCUT2D eigenvalue weighted by Crippen LogP contribution is -2.09. The number of benzene rings is 2. The molecule has 0 heterocycles. The van der Waals surface area contributed by atoms with Gasteiger partial charge in [0.2, 0.25) is 0 Å². The fraction of sp³-hybridized carbons (Fsp3) is 0.400. The molecule has 0 spiro atoms. The molecular weight excluding hydrogens is 362 g/mol. The van der Waals surface area contributed by atoms with Crippen molar-refractivity contribution in [1.29, 1.82) is 0 Å². The van der Waals surface area contributed by atoms with E-state index < -0.39 is 0 Å². The summed E-state index contributed by atoms with van der Waals surface area (Å²) in [6, 6.07) is 13.6. The van der Waals surface area contributed by atoms with Crippen LogP contribution in [0, 0.1) is 12.8 Å². The third kappa shape index (κ3) is 4.81. The van der Waals surface area contributed by atoms with Crippen LogP contribution in [-0.4, -0.2) is 24.4 Å². The first-order chi connectivity index (χ1) is 13.9. The van der Waals surface area contributed by atoms with Gasteiger partial charge in [0.1, 0.15) is 11.5 Å². The zero-order chi connectivity index (χ0) is 21.0. The summed E-state index contributed by atoms with van der Waals surface area (Å²) in [5.41, 5.74) is 4.63. The molecule has 1 aliphatic carbocycles. The molecule has 2 atom stereocenters. The molecule has 1 saturated carbocycles. The second-order valence-electron chi connectivity index (χ2n) is 7.80. The second-order valence-corrected chi connectivity index (χ2v) is 7.80. The number of ether oxygens (including phenoxy) is 1. The third-order valence-corrected chi connectivity index (χ3v) is 5.90. The average molecular weight is 392 g/mol. The Bertz CT molecular complexity index is 928. The van der Waals surface area contributed by atoms with E-state index in [0.717, 1.165) is 41.1 Å². The van der Waals surface area contributed by atoms with Gasteiger partial charge in [-0.1, -0.05) is 26.0 Å². The largest absolute Gasteiger partial charge is 0.497 e. The molecule has 0 saturated heterocycles. The highest BCUT2D eigenvalue weighted by molar-refractivity contribution is 6.11. The Labute approximate surface area is 173 Å². The van der Waals surface area contributed by atoms with Gasteiger partial charge in [-0.05, 0) is 67.1 Å². The van der Waals surface area contributed by atoms with Crippen LogP contribution in [0.1, 0.15) is 66.9 Å². The van der Waals surface area contributed by atoms with Crippen LogP contribution in [0.2, 0.25) is 0 Å². The smallest absolute Gasteiger partial charge is 0.163 e. The van der Waals surface area contributed by atoms with Gasteiger partial charge in [0.25, 0.3) is 0 Å². The van der Waals surface area contributed by atoms with Crippen molar-refractivity contribution in [2.24, 2.45) is 10.9 Å². The molecule has 3 rings (SSSR count). The predicted octanol–water partition coefficient (Wildman–Crippen LogP) is 5.84. The molecule has 0 amide bonds. The molecule has 29 heavy (non-hydrogen) atoms. The first kappa shape index (κ1) is 21.0. The van der Waals surface area contributed by atoms with Crippen molar-refractivity contribution in [3.05, 3.63) is 59.2 Å². The first-order valence-electron chi connectivity index (χ1n) is 10.3. The fourth-order valence-electron chi connectivity index (χ4n) is 3.85. The van der Waals surface area contributed by atoms with Crippen LogP contribution >= 0.6 is 0 Å². The number of aliphatic imine (C=N–C) groups is 1. The number of carbonyl (C=O) groups is 2. The molecule has 0 radical (unpaired) electrons. The number of ketones is 2. The Morgan fingerprint density at radius 3 is 2.45 bits per heavy atom. The topological polar surface area (TPSA) is 55.7 Å². The van der Waals surface area contributed by atoms with E-state index in [0.29, 0.717) is 18.4 Å². The van der Waals surface area contributed by atoms with Gasteiger partial charge in [-0.25, -0.2) is 0 Å². The van der Waals surface area contributed by atoms with E-state index in [9.17, 15) is 9.59 Å². The molecular formula is C25H29NO3. The molecule has 2 aromatic carbocycles. The molecule has 0 N–H and O–H groups in total. The zero-order valence-corrected chi connectivity index (χ0v) is 17.7. The molecule has 152 valence electrons. The van der Waals surface area contributed by atoms with Gasteiger partial charge in [-0.15, -0.1) is 0 Å². The summed E-state index contributed by atoms with van der Waals surface area (Å²) in [5.74, 6) is 1.31. The van der Waals surface area contributed by atoms with Gasteiger partial charge in [0.05, 0.1) is 18.7 Å². The summed E-state index contributed by atoms with van der Waals surface area (Å²) in [6.45, 7) is 6.00. The van der Waals surface area contributed by atoms with E-state index in [4.69, 9.17) is 9.73 Å². The van der Waals surface area contributed by atoms with Crippen LogP contribution in [0.25, 0.3) is 0 Å². The van der Waals surface area contributed by atoms with E-state index in [2.05, 4.69) is 6.92 Å². The molecule has 0 bridgehead atoms. The van der Waals surface area contributed by atoms with Crippen LogP contribution in [-0.2, 0) is 4.79 Å². The maximum Gasteiger partial charge on any atom is 0.163 e. The van der Waals surface area contributed by atoms with Crippen LogP contribution in [0.3, 0.4) is 0 Å². The first-order valence-corrected chi connectivity index (χ1v) is 10.3. The minimum atomic E-state index is -0.0921. The van der Waals surface area contributed by atoms with E-state index in [1.807, 2.05) is 56.3 Å². The summed E-state index contributed by atoms with van der Waals surface area (Å²) >= 11 is 0. The minimum absolute atomic E-state index is 0.0921. The van der Waals surface area contributed by atoms with Crippen LogP contribution in [0.4, 0.5) is 5.69 Å². The number of nitrogens with zero attached hydrogens (tertiary/aromatic N) is 1. The molecule has 1 fully saturated rings. The Morgan fingerprint density at radius 2 is 1.90 bits per heavy atom. The number of methoxy groups -OCH3 is 1. The summed E-state index contributed by atoms with van der Waals surface area (Å²) in [5, 5.41) is 0. The third-order valence-electron chi connectivity index (χ3n) is 5.90. The number of carbonyl (C=O) groups excluding carboxylic acids is 2. The highest BCUT2D eigenvalue weighted by Gasteiger charge is 2.26. The van der Waals surface area contributed by atoms with Crippen LogP contribution in [0.15, 0.2) is 47.5 Å². The number of Topliss-reactive ketones (excluding diaryl/α,β-unsaturated/α-hetero) is 2. The fourth-order valence-corrected chi connectivity index (χ4v) is 3.85. The van der Waals surface area contributed by atoms with Crippen molar-refractivity contribution in [1.82, 2.24) is 0 Å². The minimum Gasteiger partial charge on any atom is -0.497 e. The van der Waals surface area contributed by atoms with Gasteiger partial charge in [-0.2, -0.15) is 0 Å². The Hall–Kier alpha value is -2.75. The Kier molecular flexibility index (Phi) is 6.63. The van der Waals surface area contributed by atoms with E-state index >= 15 is 0 Å². The molecule has 4 nitrogen and oxygen atoms in total. The van der Waals surface area contributed by atoms with Gasteiger partial charge >= 0.3 is 0 Å².